The van der Waals surface area contributed by atoms with Crippen molar-refractivity contribution in [2.75, 3.05) is 26.2 Å². The predicted molar refractivity (Wildman–Crippen MR) is 172 cm³/mol. The van der Waals surface area contributed by atoms with Gasteiger partial charge < -0.3 is 10.1 Å². The summed E-state index contributed by atoms with van der Waals surface area (Å²) in [7, 11) is 0. The number of piperidine rings is 1. The van der Waals surface area contributed by atoms with Gasteiger partial charge >= 0.3 is 0 Å². The van der Waals surface area contributed by atoms with Crippen molar-refractivity contribution < 1.29 is 9.50 Å². The van der Waals surface area contributed by atoms with Crippen LogP contribution in [0.5, 0.6) is 0 Å². The zero-order chi connectivity index (χ0) is 31.3. The van der Waals surface area contributed by atoms with Crippen LogP contribution in [0.15, 0.2) is 85.7 Å². The molecule has 0 aliphatic carbocycles. The molecule has 230 valence electrons. The maximum absolute atomic E-state index is 15.3. The average Bonchev–Trinajstić information content (AvgIpc) is 3.77. The van der Waals surface area contributed by atoms with Gasteiger partial charge in [0.05, 0.1) is 29.9 Å². The molecule has 2 aliphatic heterocycles. The number of aromatic nitrogens is 6. The van der Waals surface area contributed by atoms with E-state index < -0.39 is 11.8 Å². The Morgan fingerprint density at radius 2 is 1.91 bits per heavy atom. The number of hydrogen-bond donors (Lipinski definition) is 2. The number of pyridine rings is 1. The van der Waals surface area contributed by atoms with E-state index in [0.717, 1.165) is 64.7 Å². The second-order valence-corrected chi connectivity index (χ2v) is 12.4. The molecule has 0 amide bonds. The smallest absolute Gasteiger partial charge is 0.141 e. The molecule has 6 aromatic rings. The summed E-state index contributed by atoms with van der Waals surface area (Å²) in [4.78, 5) is 20.7. The molecule has 1 unspecified atom stereocenters. The first-order valence-electron chi connectivity index (χ1n) is 15.5. The van der Waals surface area contributed by atoms with Crippen LogP contribution in [0, 0.1) is 17.1 Å². The van der Waals surface area contributed by atoms with Crippen molar-refractivity contribution >= 4 is 21.9 Å². The van der Waals surface area contributed by atoms with E-state index in [2.05, 4.69) is 36.0 Å². The highest BCUT2D eigenvalue weighted by Gasteiger charge is 2.48. The SMILES string of the molecule is N#CCC1(n2cc(-c3ncnc4[nH]ccc34)cn2)CN(C2CCN(C(O)c3ccc(-c4ccc5ncccc5c4)c(F)c3)CC2)C1. The van der Waals surface area contributed by atoms with Gasteiger partial charge in [0.1, 0.15) is 29.6 Å². The number of nitriles is 1. The number of nitrogens with zero attached hydrogens (tertiary/aromatic N) is 8. The summed E-state index contributed by atoms with van der Waals surface area (Å²) in [6, 6.07) is 19.2. The van der Waals surface area contributed by atoms with E-state index in [1.54, 1.807) is 18.6 Å². The lowest BCUT2D eigenvalue weighted by Gasteiger charge is -2.54. The molecule has 1 atom stereocenters. The molecule has 2 aliphatic rings. The quantitative estimate of drug-likeness (QED) is 0.250. The molecule has 0 saturated carbocycles. The molecule has 2 saturated heterocycles. The Morgan fingerprint density at radius 1 is 1.04 bits per heavy atom. The van der Waals surface area contributed by atoms with Gasteiger partial charge in [-0.05, 0) is 54.3 Å². The lowest BCUT2D eigenvalue weighted by molar-refractivity contribution is -0.0682. The van der Waals surface area contributed by atoms with Crippen molar-refractivity contribution in [3.05, 3.63) is 97.1 Å². The second-order valence-electron chi connectivity index (χ2n) is 12.4. The van der Waals surface area contributed by atoms with Gasteiger partial charge in [0.25, 0.3) is 0 Å². The third-order valence-corrected chi connectivity index (χ3v) is 9.67. The van der Waals surface area contributed by atoms with Crippen molar-refractivity contribution in [2.45, 2.75) is 37.1 Å². The van der Waals surface area contributed by atoms with Gasteiger partial charge in [-0.3, -0.25) is 19.5 Å². The number of aliphatic hydroxyl groups excluding tert-OH is 1. The summed E-state index contributed by atoms with van der Waals surface area (Å²) >= 11 is 0. The monoisotopic (exact) mass is 613 g/mol. The minimum Gasteiger partial charge on any atom is -0.374 e. The molecule has 2 N–H and O–H groups in total. The lowest BCUT2D eigenvalue weighted by atomic mass is 9.83. The second kappa shape index (κ2) is 11.4. The zero-order valence-corrected chi connectivity index (χ0v) is 25.1. The molecule has 8 rings (SSSR count). The van der Waals surface area contributed by atoms with Gasteiger partial charge in [0.15, 0.2) is 0 Å². The first kappa shape index (κ1) is 28.5. The Labute approximate surface area is 264 Å². The number of hydrogen-bond acceptors (Lipinski definition) is 8. The van der Waals surface area contributed by atoms with Crippen molar-refractivity contribution in [2.24, 2.45) is 0 Å². The van der Waals surface area contributed by atoms with Crippen LogP contribution in [0.25, 0.3) is 44.3 Å². The molecular weight excluding hydrogens is 581 g/mol. The molecule has 2 aromatic carbocycles. The van der Waals surface area contributed by atoms with Crippen LogP contribution in [0.3, 0.4) is 0 Å². The fourth-order valence-electron chi connectivity index (χ4n) is 7.14. The summed E-state index contributed by atoms with van der Waals surface area (Å²) in [5.41, 5.74) is 4.78. The van der Waals surface area contributed by atoms with Crippen molar-refractivity contribution in [1.82, 2.24) is 39.5 Å². The number of aliphatic hydroxyl groups is 1. The zero-order valence-electron chi connectivity index (χ0n) is 25.1. The third-order valence-electron chi connectivity index (χ3n) is 9.67. The highest BCUT2D eigenvalue weighted by molar-refractivity contribution is 5.90. The van der Waals surface area contributed by atoms with E-state index in [0.29, 0.717) is 36.7 Å². The number of fused-ring (bicyclic) bond motifs is 2. The fourth-order valence-corrected chi connectivity index (χ4v) is 7.14. The number of nitrogens with one attached hydrogen (secondary N) is 1. The molecule has 11 heteroatoms. The number of likely N-dealkylation sites (tertiary alicyclic amines) is 2. The maximum atomic E-state index is 15.3. The standard InChI is InChI=1S/C35H32FN9O/c36-30-17-25(3-5-28(30)23-4-6-31-24(16-23)2-1-12-38-31)34(46)43-14-8-27(9-15-43)44-20-35(21-44,10-11-37)45-19-26(18-42-45)32-29-7-13-39-33(29)41-22-40-32/h1-7,12-13,16-19,22,27,34,46H,8-10,14-15,20-21H2,(H,39,40,41). The van der Waals surface area contributed by atoms with Crippen molar-refractivity contribution in [3.63, 3.8) is 0 Å². The molecule has 0 radical (unpaired) electrons. The summed E-state index contributed by atoms with van der Waals surface area (Å²) in [6.45, 7) is 2.85. The van der Waals surface area contributed by atoms with Gasteiger partial charge in [0, 0.05) is 72.7 Å². The lowest BCUT2D eigenvalue weighted by Crippen LogP contribution is -2.66. The number of rotatable bonds is 7. The highest BCUT2D eigenvalue weighted by atomic mass is 19.1. The van der Waals surface area contributed by atoms with Crippen LogP contribution in [-0.4, -0.2) is 76.8 Å². The first-order valence-corrected chi connectivity index (χ1v) is 15.5. The van der Waals surface area contributed by atoms with E-state index in [1.165, 1.54) is 6.07 Å². The van der Waals surface area contributed by atoms with Crippen molar-refractivity contribution in [1.29, 1.82) is 5.26 Å². The highest BCUT2D eigenvalue weighted by Crippen LogP contribution is 2.38. The van der Waals surface area contributed by atoms with Gasteiger partial charge in [-0.1, -0.05) is 24.3 Å². The summed E-state index contributed by atoms with van der Waals surface area (Å²) < 4.78 is 17.3. The van der Waals surface area contributed by atoms with Crippen LogP contribution >= 0.6 is 0 Å². The Morgan fingerprint density at radius 3 is 2.74 bits per heavy atom. The van der Waals surface area contributed by atoms with Crippen LogP contribution in [-0.2, 0) is 5.54 Å². The molecule has 2 fully saturated rings. The molecular formula is C35H32FN9O. The Bertz CT molecular complexity index is 2090. The van der Waals surface area contributed by atoms with Crippen LogP contribution in [0.2, 0.25) is 0 Å². The first-order chi connectivity index (χ1) is 22.5. The van der Waals surface area contributed by atoms with Gasteiger partial charge in [0.2, 0.25) is 0 Å². The molecule has 46 heavy (non-hydrogen) atoms. The number of halogens is 1. The van der Waals surface area contributed by atoms with Crippen molar-refractivity contribution in [3.8, 4) is 28.5 Å². The van der Waals surface area contributed by atoms with E-state index in [9.17, 15) is 10.4 Å². The Balaban J connectivity index is 0.912. The van der Waals surface area contributed by atoms with Crippen LogP contribution in [0.1, 0.15) is 31.1 Å². The van der Waals surface area contributed by atoms with Crippen LogP contribution in [0.4, 0.5) is 4.39 Å². The molecule has 0 bridgehead atoms. The summed E-state index contributed by atoms with van der Waals surface area (Å²) in [6.07, 6.45) is 10.2. The number of benzene rings is 2. The fraction of sp³-hybridized carbons (Fsp3) is 0.286. The van der Waals surface area contributed by atoms with Crippen LogP contribution < -0.4 is 0 Å². The van der Waals surface area contributed by atoms with E-state index >= 15 is 4.39 Å². The van der Waals surface area contributed by atoms with E-state index in [-0.39, 0.29) is 5.82 Å². The van der Waals surface area contributed by atoms with E-state index in [1.807, 2.05) is 70.6 Å². The Hall–Kier alpha value is -5.02. The molecule has 0 spiro atoms. The largest absolute Gasteiger partial charge is 0.374 e. The molecule has 6 heterocycles. The minimum atomic E-state index is -0.879. The normalized spacial score (nSPS) is 18.0. The third kappa shape index (κ3) is 4.91. The van der Waals surface area contributed by atoms with E-state index in [4.69, 9.17) is 0 Å². The van der Waals surface area contributed by atoms with Gasteiger partial charge in [-0.2, -0.15) is 10.4 Å². The summed E-state index contributed by atoms with van der Waals surface area (Å²) in [5, 5.41) is 27.5. The molecule has 4 aromatic heterocycles. The minimum absolute atomic E-state index is 0.341. The van der Waals surface area contributed by atoms with Gasteiger partial charge in [-0.25, -0.2) is 14.4 Å². The number of aromatic amines is 1. The summed E-state index contributed by atoms with van der Waals surface area (Å²) in [5.74, 6) is -0.358. The Kier molecular flexibility index (Phi) is 7.06. The topological polar surface area (TPSA) is 123 Å². The number of H-pyrrole nitrogens is 1. The maximum Gasteiger partial charge on any atom is 0.141 e. The van der Waals surface area contributed by atoms with Gasteiger partial charge in [-0.15, -0.1) is 0 Å². The predicted octanol–water partition coefficient (Wildman–Crippen LogP) is 5.26. The molecule has 10 nitrogen and oxygen atoms in total. The average molecular weight is 614 g/mol.